The smallest absolute Gasteiger partial charge is 0.275 e. The third-order valence-electron chi connectivity index (χ3n) is 2.58. The molecular weight excluding hydrogens is 226 g/mol. The van der Waals surface area contributed by atoms with E-state index in [0.29, 0.717) is 31.9 Å². The van der Waals surface area contributed by atoms with Crippen molar-refractivity contribution in [3.05, 3.63) is 17.1 Å². The molecule has 2 heterocycles. The van der Waals surface area contributed by atoms with Crippen LogP contribution >= 0.6 is 11.5 Å². The zero-order chi connectivity index (χ0) is 11.5. The molecule has 0 aromatic carbocycles. The molecule has 1 aliphatic rings. The predicted molar refractivity (Wildman–Crippen MR) is 60.0 cm³/mol. The Labute approximate surface area is 97.8 Å². The molecule has 0 unspecified atom stereocenters. The fourth-order valence-corrected chi connectivity index (χ4v) is 2.17. The summed E-state index contributed by atoms with van der Waals surface area (Å²) in [6, 6.07) is 1.71. The van der Waals surface area contributed by atoms with Gasteiger partial charge in [-0.3, -0.25) is 9.59 Å². The van der Waals surface area contributed by atoms with E-state index in [4.69, 9.17) is 0 Å². The molecule has 0 aliphatic carbocycles. The highest BCUT2D eigenvalue weighted by Gasteiger charge is 2.27. The number of rotatable bonds is 2. The first-order valence-electron chi connectivity index (χ1n) is 5.19. The normalized spacial score (nSPS) is 15.6. The zero-order valence-electron chi connectivity index (χ0n) is 9.05. The van der Waals surface area contributed by atoms with Gasteiger partial charge >= 0.3 is 0 Å². The van der Waals surface area contributed by atoms with Gasteiger partial charge < -0.3 is 9.80 Å². The van der Waals surface area contributed by atoms with Crippen molar-refractivity contribution in [3.8, 4) is 0 Å². The number of carbonyl (C=O) groups excluding carboxylic acids is 2. The van der Waals surface area contributed by atoms with Gasteiger partial charge in [0.1, 0.15) is 5.69 Å². The number of hydrogen-bond donors (Lipinski definition) is 0. The Bertz CT molecular complexity index is 391. The van der Waals surface area contributed by atoms with Crippen LogP contribution in [-0.4, -0.2) is 45.7 Å². The molecule has 5 nitrogen and oxygen atoms in total. The third kappa shape index (κ3) is 2.06. The average molecular weight is 239 g/mol. The average Bonchev–Trinajstić information content (AvgIpc) is 2.97. The molecule has 1 saturated heterocycles. The van der Waals surface area contributed by atoms with E-state index in [9.17, 15) is 9.59 Å². The quantitative estimate of drug-likeness (QED) is 0.767. The minimum Gasteiger partial charge on any atom is -0.323 e. The zero-order valence-corrected chi connectivity index (χ0v) is 9.87. The highest BCUT2D eigenvalue weighted by molar-refractivity contribution is 7.03. The Morgan fingerprint density at radius 1 is 1.44 bits per heavy atom. The summed E-state index contributed by atoms with van der Waals surface area (Å²) in [5.74, 6) is 0.00114. The molecule has 0 saturated carbocycles. The second kappa shape index (κ2) is 4.61. The summed E-state index contributed by atoms with van der Waals surface area (Å²) in [5, 5.41) is 1.78. The van der Waals surface area contributed by atoms with Crippen molar-refractivity contribution in [1.82, 2.24) is 14.2 Å². The number of nitrogens with zero attached hydrogens (tertiary/aromatic N) is 3. The van der Waals surface area contributed by atoms with Crippen LogP contribution in [0.5, 0.6) is 0 Å². The van der Waals surface area contributed by atoms with Gasteiger partial charge in [0.25, 0.3) is 5.91 Å². The molecule has 1 aromatic rings. The first-order valence-corrected chi connectivity index (χ1v) is 6.03. The third-order valence-corrected chi connectivity index (χ3v) is 3.14. The molecule has 0 bridgehead atoms. The maximum absolute atomic E-state index is 11.9. The molecule has 0 atom stereocenters. The van der Waals surface area contributed by atoms with Crippen LogP contribution in [-0.2, 0) is 4.79 Å². The molecule has 6 heteroatoms. The van der Waals surface area contributed by atoms with Gasteiger partial charge in [-0.2, -0.15) is 4.37 Å². The summed E-state index contributed by atoms with van der Waals surface area (Å²) in [7, 11) is 0. The van der Waals surface area contributed by atoms with E-state index in [-0.39, 0.29) is 11.8 Å². The molecule has 1 aromatic heterocycles. The fourth-order valence-electron chi connectivity index (χ4n) is 1.67. The lowest BCUT2D eigenvalue weighted by Crippen LogP contribution is -2.33. The highest BCUT2D eigenvalue weighted by atomic mass is 32.1. The molecule has 1 aliphatic heterocycles. The van der Waals surface area contributed by atoms with E-state index in [1.165, 1.54) is 11.5 Å². The lowest BCUT2D eigenvalue weighted by Gasteiger charge is -2.16. The van der Waals surface area contributed by atoms with E-state index in [1.807, 2.05) is 6.92 Å². The van der Waals surface area contributed by atoms with Crippen molar-refractivity contribution < 1.29 is 9.59 Å². The fraction of sp³-hybridized carbons (Fsp3) is 0.500. The summed E-state index contributed by atoms with van der Waals surface area (Å²) >= 11 is 1.26. The largest absolute Gasteiger partial charge is 0.323 e. The number of carbonyl (C=O) groups is 2. The maximum atomic E-state index is 11.9. The van der Waals surface area contributed by atoms with Crippen molar-refractivity contribution in [2.24, 2.45) is 0 Å². The van der Waals surface area contributed by atoms with Crippen molar-refractivity contribution in [2.45, 2.75) is 13.3 Å². The maximum Gasteiger partial charge on any atom is 0.275 e. The lowest BCUT2D eigenvalue weighted by atomic mass is 10.4. The van der Waals surface area contributed by atoms with Gasteiger partial charge in [0.15, 0.2) is 0 Å². The molecule has 0 radical (unpaired) electrons. The van der Waals surface area contributed by atoms with Crippen molar-refractivity contribution in [2.75, 3.05) is 19.8 Å². The first-order chi connectivity index (χ1) is 7.72. The van der Waals surface area contributed by atoms with Gasteiger partial charge in [-0.15, -0.1) is 0 Å². The SMILES string of the molecule is CCC(=O)N1CCN(C(=O)c2ccsn2)C1. The molecule has 1 fully saturated rings. The molecule has 2 amide bonds. The van der Waals surface area contributed by atoms with Crippen LogP contribution in [0.2, 0.25) is 0 Å². The van der Waals surface area contributed by atoms with Crippen LogP contribution in [0.15, 0.2) is 11.4 Å². The van der Waals surface area contributed by atoms with Gasteiger partial charge in [0, 0.05) is 24.9 Å². The van der Waals surface area contributed by atoms with Gasteiger partial charge in [0.2, 0.25) is 5.91 Å². The topological polar surface area (TPSA) is 53.5 Å². The highest BCUT2D eigenvalue weighted by Crippen LogP contribution is 2.11. The van der Waals surface area contributed by atoms with Gasteiger partial charge in [-0.1, -0.05) is 6.92 Å². The Morgan fingerprint density at radius 2 is 2.19 bits per heavy atom. The molecule has 16 heavy (non-hydrogen) atoms. The molecule has 0 N–H and O–H groups in total. The van der Waals surface area contributed by atoms with E-state index in [2.05, 4.69) is 4.37 Å². The Morgan fingerprint density at radius 3 is 2.81 bits per heavy atom. The number of hydrogen-bond acceptors (Lipinski definition) is 4. The summed E-state index contributed by atoms with van der Waals surface area (Å²) in [4.78, 5) is 26.7. The second-order valence-electron chi connectivity index (χ2n) is 3.61. The van der Waals surface area contributed by atoms with Gasteiger partial charge in [0.05, 0.1) is 6.67 Å². The minimum atomic E-state index is -0.0901. The van der Waals surface area contributed by atoms with Crippen LogP contribution < -0.4 is 0 Å². The van der Waals surface area contributed by atoms with E-state index in [0.717, 1.165) is 0 Å². The van der Waals surface area contributed by atoms with Crippen LogP contribution in [0.3, 0.4) is 0 Å². The molecular formula is C10H13N3O2S. The lowest BCUT2D eigenvalue weighted by molar-refractivity contribution is -0.130. The Balaban J connectivity index is 1.99. The second-order valence-corrected chi connectivity index (χ2v) is 4.27. The van der Waals surface area contributed by atoms with Crippen LogP contribution in [0.1, 0.15) is 23.8 Å². The first kappa shape index (κ1) is 11.1. The van der Waals surface area contributed by atoms with Gasteiger partial charge in [-0.05, 0) is 17.6 Å². The van der Waals surface area contributed by atoms with E-state index < -0.39 is 0 Å². The summed E-state index contributed by atoms with van der Waals surface area (Å²) < 4.78 is 4.00. The Kier molecular flexibility index (Phi) is 3.19. The van der Waals surface area contributed by atoms with Crippen molar-refractivity contribution in [3.63, 3.8) is 0 Å². The summed E-state index contributed by atoms with van der Waals surface area (Å²) in [6.45, 7) is 3.45. The van der Waals surface area contributed by atoms with Crippen molar-refractivity contribution in [1.29, 1.82) is 0 Å². The summed E-state index contributed by atoms with van der Waals surface area (Å²) in [6.07, 6.45) is 0.485. The molecule has 0 spiro atoms. The standard InChI is InChI=1S/C10H13N3O2S/c1-2-9(14)12-4-5-13(7-12)10(15)8-3-6-16-11-8/h3,6H,2,4-5,7H2,1H3. The van der Waals surface area contributed by atoms with Crippen molar-refractivity contribution >= 4 is 23.3 Å². The monoisotopic (exact) mass is 239 g/mol. The van der Waals surface area contributed by atoms with Crippen LogP contribution in [0.25, 0.3) is 0 Å². The number of amides is 2. The molecule has 2 rings (SSSR count). The van der Waals surface area contributed by atoms with Crippen LogP contribution in [0, 0.1) is 0 Å². The number of aromatic nitrogens is 1. The summed E-state index contributed by atoms with van der Waals surface area (Å²) in [5.41, 5.74) is 0.468. The minimum absolute atomic E-state index is 0.0901. The Hall–Kier alpha value is -1.43. The van der Waals surface area contributed by atoms with Gasteiger partial charge in [-0.25, -0.2) is 0 Å². The molecule has 86 valence electrons. The van der Waals surface area contributed by atoms with Crippen LogP contribution in [0.4, 0.5) is 0 Å². The van der Waals surface area contributed by atoms with E-state index in [1.54, 1.807) is 21.2 Å². The van der Waals surface area contributed by atoms with E-state index >= 15 is 0 Å². The predicted octanol–water partition coefficient (Wildman–Crippen LogP) is 0.795.